The summed E-state index contributed by atoms with van der Waals surface area (Å²) >= 11 is 5.56. The topological polar surface area (TPSA) is 18.5 Å². The maximum Gasteiger partial charge on any atom is 0.0808 e. The van der Waals surface area contributed by atoms with Gasteiger partial charge in [-0.2, -0.15) is 0 Å². The normalized spacial score (nSPS) is 23.0. The Morgan fingerprint density at radius 1 is 1.54 bits per heavy atom. The van der Waals surface area contributed by atoms with Crippen LogP contribution >= 0.6 is 11.6 Å². The summed E-state index contributed by atoms with van der Waals surface area (Å²) in [5, 5.41) is 0. The Morgan fingerprint density at radius 3 is 3.00 bits per heavy atom. The molecule has 0 aromatic heterocycles. The van der Waals surface area contributed by atoms with E-state index in [9.17, 15) is 0 Å². The Bertz CT molecular complexity index is 153. The second-order valence-electron chi connectivity index (χ2n) is 3.39. The van der Waals surface area contributed by atoms with Crippen LogP contribution in [0.1, 0.15) is 19.3 Å². The van der Waals surface area contributed by atoms with E-state index in [0.29, 0.717) is 19.1 Å². The lowest BCUT2D eigenvalue weighted by Crippen LogP contribution is -2.24. The van der Waals surface area contributed by atoms with E-state index in [0.717, 1.165) is 18.6 Å². The van der Waals surface area contributed by atoms with Gasteiger partial charge in [0.1, 0.15) is 0 Å². The lowest BCUT2D eigenvalue weighted by molar-refractivity contribution is -0.0363. The van der Waals surface area contributed by atoms with Gasteiger partial charge in [-0.25, -0.2) is 0 Å². The summed E-state index contributed by atoms with van der Waals surface area (Å²) in [6.45, 7) is 5.87. The maximum absolute atomic E-state index is 5.56. The smallest absolute Gasteiger partial charge is 0.0808 e. The summed E-state index contributed by atoms with van der Waals surface area (Å²) < 4.78 is 10.9. The molecule has 1 heterocycles. The third-order valence-corrected chi connectivity index (χ3v) is 2.45. The zero-order chi connectivity index (χ0) is 9.52. The lowest BCUT2D eigenvalue weighted by Gasteiger charge is -2.22. The fourth-order valence-corrected chi connectivity index (χ4v) is 1.39. The largest absolute Gasteiger partial charge is 0.376 e. The maximum atomic E-state index is 5.56. The first kappa shape index (κ1) is 11.0. The molecule has 0 bridgehead atoms. The van der Waals surface area contributed by atoms with Crippen LogP contribution in [0, 0.1) is 0 Å². The molecule has 2 nitrogen and oxygen atoms in total. The van der Waals surface area contributed by atoms with Gasteiger partial charge in [0.2, 0.25) is 0 Å². The van der Waals surface area contributed by atoms with Gasteiger partial charge >= 0.3 is 0 Å². The average Bonchev–Trinajstić information content (AvgIpc) is 2.19. The fraction of sp³-hybridized carbons (Fsp3) is 0.800. The summed E-state index contributed by atoms with van der Waals surface area (Å²) in [6, 6.07) is 0. The molecule has 1 saturated heterocycles. The first-order valence-corrected chi connectivity index (χ1v) is 5.28. The third-order valence-electron chi connectivity index (χ3n) is 2.07. The van der Waals surface area contributed by atoms with Crippen molar-refractivity contribution < 1.29 is 9.47 Å². The molecule has 0 amide bonds. The summed E-state index contributed by atoms with van der Waals surface area (Å²) in [5.41, 5.74) is 0.928. The number of ether oxygens (including phenoxy) is 2. The average molecular weight is 205 g/mol. The van der Waals surface area contributed by atoms with Crippen LogP contribution in [-0.2, 0) is 9.47 Å². The van der Waals surface area contributed by atoms with Crippen LogP contribution in [-0.4, -0.2) is 31.8 Å². The highest BCUT2D eigenvalue weighted by Gasteiger charge is 2.13. The van der Waals surface area contributed by atoms with Gasteiger partial charge in [-0.05, 0) is 24.8 Å². The van der Waals surface area contributed by atoms with Crippen molar-refractivity contribution in [1.29, 1.82) is 0 Å². The minimum absolute atomic E-state index is 0.289. The molecule has 1 aliphatic rings. The standard InChI is InChI=1S/C10H17ClO2/c1-9(6-11)7-12-8-10-4-2-3-5-13-10/h10H,1-8H2. The molecule has 1 atom stereocenters. The Hall–Kier alpha value is -0.0500. The molecular weight excluding hydrogens is 188 g/mol. The van der Waals surface area contributed by atoms with E-state index in [2.05, 4.69) is 6.58 Å². The summed E-state index contributed by atoms with van der Waals surface area (Å²) in [5.74, 6) is 0.478. The molecule has 0 spiro atoms. The van der Waals surface area contributed by atoms with Crippen molar-refractivity contribution in [3.8, 4) is 0 Å². The summed E-state index contributed by atoms with van der Waals surface area (Å²) in [7, 11) is 0. The first-order valence-electron chi connectivity index (χ1n) is 4.75. The molecule has 0 N–H and O–H groups in total. The molecule has 13 heavy (non-hydrogen) atoms. The number of rotatable bonds is 5. The van der Waals surface area contributed by atoms with Gasteiger partial charge in [-0.3, -0.25) is 0 Å². The number of alkyl halides is 1. The fourth-order valence-electron chi connectivity index (χ4n) is 1.31. The van der Waals surface area contributed by atoms with E-state index in [-0.39, 0.29) is 6.10 Å². The SMILES string of the molecule is C=C(CCl)COCC1CCCCO1. The molecule has 0 radical (unpaired) electrons. The number of hydrogen-bond acceptors (Lipinski definition) is 2. The van der Waals surface area contributed by atoms with Crippen LogP contribution in [0.5, 0.6) is 0 Å². The molecular formula is C10H17ClO2. The van der Waals surface area contributed by atoms with E-state index in [1.807, 2.05) is 0 Å². The van der Waals surface area contributed by atoms with Crippen LogP contribution in [0.2, 0.25) is 0 Å². The summed E-state index contributed by atoms with van der Waals surface area (Å²) in [4.78, 5) is 0. The molecule has 1 rings (SSSR count). The van der Waals surface area contributed by atoms with Crippen molar-refractivity contribution in [3.63, 3.8) is 0 Å². The predicted molar refractivity (Wildman–Crippen MR) is 54.3 cm³/mol. The first-order chi connectivity index (χ1) is 6.33. The second-order valence-corrected chi connectivity index (χ2v) is 3.65. The summed E-state index contributed by atoms with van der Waals surface area (Å²) in [6.07, 6.45) is 3.85. The highest BCUT2D eigenvalue weighted by Crippen LogP contribution is 2.12. The monoisotopic (exact) mass is 204 g/mol. The Kier molecular flexibility index (Phi) is 5.44. The van der Waals surface area contributed by atoms with E-state index in [4.69, 9.17) is 21.1 Å². The molecule has 1 fully saturated rings. The molecule has 3 heteroatoms. The number of halogens is 1. The van der Waals surface area contributed by atoms with Crippen molar-refractivity contribution in [2.45, 2.75) is 25.4 Å². The van der Waals surface area contributed by atoms with Gasteiger partial charge in [0.15, 0.2) is 0 Å². The molecule has 0 aromatic rings. The van der Waals surface area contributed by atoms with Crippen LogP contribution < -0.4 is 0 Å². The van der Waals surface area contributed by atoms with Crippen molar-refractivity contribution in [2.24, 2.45) is 0 Å². The van der Waals surface area contributed by atoms with Gasteiger partial charge in [-0.15, -0.1) is 11.6 Å². The van der Waals surface area contributed by atoms with Crippen LogP contribution in [0.15, 0.2) is 12.2 Å². The molecule has 1 unspecified atom stereocenters. The molecule has 0 saturated carbocycles. The van der Waals surface area contributed by atoms with Crippen molar-refractivity contribution >= 4 is 11.6 Å². The Morgan fingerprint density at radius 2 is 2.38 bits per heavy atom. The minimum Gasteiger partial charge on any atom is -0.376 e. The van der Waals surface area contributed by atoms with Gasteiger partial charge < -0.3 is 9.47 Å². The third kappa shape index (κ3) is 4.65. The van der Waals surface area contributed by atoms with Crippen molar-refractivity contribution in [3.05, 3.63) is 12.2 Å². The van der Waals surface area contributed by atoms with E-state index < -0.39 is 0 Å². The second kappa shape index (κ2) is 6.41. The number of hydrogen-bond donors (Lipinski definition) is 0. The zero-order valence-corrected chi connectivity index (χ0v) is 8.68. The predicted octanol–water partition coefficient (Wildman–Crippen LogP) is 2.37. The highest BCUT2D eigenvalue weighted by atomic mass is 35.5. The quantitative estimate of drug-likeness (QED) is 0.506. The van der Waals surface area contributed by atoms with E-state index >= 15 is 0 Å². The van der Waals surface area contributed by atoms with Crippen LogP contribution in [0.3, 0.4) is 0 Å². The lowest BCUT2D eigenvalue weighted by atomic mass is 10.1. The van der Waals surface area contributed by atoms with Crippen molar-refractivity contribution in [2.75, 3.05) is 25.7 Å². The van der Waals surface area contributed by atoms with Crippen molar-refractivity contribution in [1.82, 2.24) is 0 Å². The van der Waals surface area contributed by atoms with E-state index in [1.165, 1.54) is 12.8 Å². The zero-order valence-electron chi connectivity index (χ0n) is 7.93. The van der Waals surface area contributed by atoms with Gasteiger partial charge in [0, 0.05) is 12.5 Å². The molecule has 76 valence electrons. The van der Waals surface area contributed by atoms with Gasteiger partial charge in [0.05, 0.1) is 19.3 Å². The van der Waals surface area contributed by atoms with E-state index in [1.54, 1.807) is 0 Å². The molecule has 1 aliphatic heterocycles. The van der Waals surface area contributed by atoms with Crippen LogP contribution in [0.25, 0.3) is 0 Å². The Labute approximate surface area is 84.9 Å². The minimum atomic E-state index is 0.289. The molecule has 0 aliphatic carbocycles. The molecule has 0 aromatic carbocycles. The van der Waals surface area contributed by atoms with Gasteiger partial charge in [-0.1, -0.05) is 6.58 Å². The Balaban J connectivity index is 2.01. The van der Waals surface area contributed by atoms with Crippen LogP contribution in [0.4, 0.5) is 0 Å². The highest BCUT2D eigenvalue weighted by molar-refractivity contribution is 6.19. The van der Waals surface area contributed by atoms with Gasteiger partial charge in [0.25, 0.3) is 0 Å².